The molecule has 0 unspecified atom stereocenters. The van der Waals surface area contributed by atoms with Crippen molar-refractivity contribution in [3.8, 4) is 0 Å². The summed E-state index contributed by atoms with van der Waals surface area (Å²) >= 11 is 1.79. The van der Waals surface area contributed by atoms with Crippen molar-refractivity contribution in [2.24, 2.45) is 0 Å². The Labute approximate surface area is 105 Å². The number of nitrogens with zero attached hydrogens (tertiary/aromatic N) is 2. The van der Waals surface area contributed by atoms with E-state index in [0.29, 0.717) is 5.95 Å². The summed E-state index contributed by atoms with van der Waals surface area (Å²) in [5, 5.41) is 8.68. The van der Waals surface area contributed by atoms with Crippen LogP contribution in [0.5, 0.6) is 0 Å². The first kappa shape index (κ1) is 12.0. The van der Waals surface area contributed by atoms with Crippen molar-refractivity contribution in [3.05, 3.63) is 40.8 Å². The third-order valence-electron chi connectivity index (χ3n) is 2.26. The van der Waals surface area contributed by atoms with Crippen molar-refractivity contribution in [2.75, 3.05) is 18.4 Å². The minimum Gasteiger partial charge on any atom is -0.354 e. The Morgan fingerprint density at radius 3 is 2.76 bits per heavy atom. The fraction of sp³-hybridized carbons (Fsp3) is 0.333. The van der Waals surface area contributed by atoms with Crippen LogP contribution >= 0.6 is 11.3 Å². The van der Waals surface area contributed by atoms with E-state index in [0.717, 1.165) is 26.1 Å². The van der Waals surface area contributed by atoms with E-state index in [2.05, 4.69) is 38.1 Å². The lowest BCUT2D eigenvalue weighted by molar-refractivity contribution is 0.667. The number of aromatic nitrogens is 2. The average molecular weight is 248 g/mol. The van der Waals surface area contributed by atoms with Gasteiger partial charge in [-0.1, -0.05) is 6.07 Å². The van der Waals surface area contributed by atoms with Gasteiger partial charge in [0.25, 0.3) is 0 Å². The second-order valence-electron chi connectivity index (χ2n) is 3.61. The second kappa shape index (κ2) is 6.98. The highest BCUT2D eigenvalue weighted by Crippen LogP contribution is 2.07. The van der Waals surface area contributed by atoms with Gasteiger partial charge in [0, 0.05) is 30.4 Å². The molecule has 0 aliphatic rings. The fourth-order valence-electron chi connectivity index (χ4n) is 1.43. The minimum atomic E-state index is 0.700. The molecule has 2 aromatic heterocycles. The van der Waals surface area contributed by atoms with Gasteiger partial charge in [0.2, 0.25) is 5.95 Å². The van der Waals surface area contributed by atoms with Gasteiger partial charge >= 0.3 is 0 Å². The molecule has 2 heterocycles. The molecule has 2 aromatic rings. The summed E-state index contributed by atoms with van der Waals surface area (Å²) in [7, 11) is 0. The van der Waals surface area contributed by atoms with Crippen LogP contribution in [0, 0.1) is 0 Å². The molecule has 90 valence electrons. The van der Waals surface area contributed by atoms with Crippen LogP contribution in [0.25, 0.3) is 0 Å². The number of thiophene rings is 1. The summed E-state index contributed by atoms with van der Waals surface area (Å²) in [5.74, 6) is 0.700. The van der Waals surface area contributed by atoms with Gasteiger partial charge in [-0.15, -0.1) is 11.3 Å². The quantitative estimate of drug-likeness (QED) is 0.737. The molecule has 0 aliphatic carbocycles. The molecular formula is C12H16N4S. The Morgan fingerprint density at radius 2 is 2.00 bits per heavy atom. The highest BCUT2D eigenvalue weighted by Gasteiger charge is 1.94. The molecule has 5 heteroatoms. The first-order valence-corrected chi connectivity index (χ1v) is 6.57. The third kappa shape index (κ3) is 4.50. The van der Waals surface area contributed by atoms with Crippen molar-refractivity contribution in [1.29, 1.82) is 0 Å². The predicted octanol–water partition coefficient (Wildman–Crippen LogP) is 2.13. The van der Waals surface area contributed by atoms with Crippen LogP contribution in [-0.4, -0.2) is 23.1 Å². The van der Waals surface area contributed by atoms with Crippen LogP contribution in [0.3, 0.4) is 0 Å². The lowest BCUT2D eigenvalue weighted by Gasteiger charge is -2.05. The molecule has 0 atom stereocenters. The Bertz CT molecular complexity index is 402. The highest BCUT2D eigenvalue weighted by atomic mass is 32.1. The van der Waals surface area contributed by atoms with Gasteiger partial charge < -0.3 is 10.6 Å². The minimum absolute atomic E-state index is 0.700. The molecule has 4 nitrogen and oxygen atoms in total. The van der Waals surface area contributed by atoms with Crippen molar-refractivity contribution in [2.45, 2.75) is 13.0 Å². The molecule has 0 fully saturated rings. The molecule has 0 bridgehead atoms. The Morgan fingerprint density at radius 1 is 1.12 bits per heavy atom. The van der Waals surface area contributed by atoms with Gasteiger partial charge in [-0.3, -0.25) is 0 Å². The van der Waals surface area contributed by atoms with Crippen molar-refractivity contribution in [3.63, 3.8) is 0 Å². The topological polar surface area (TPSA) is 49.8 Å². The van der Waals surface area contributed by atoms with Crippen LogP contribution in [0.2, 0.25) is 0 Å². The van der Waals surface area contributed by atoms with Gasteiger partial charge in [-0.25, -0.2) is 9.97 Å². The van der Waals surface area contributed by atoms with Crippen molar-refractivity contribution < 1.29 is 0 Å². The lowest BCUT2D eigenvalue weighted by atomic mass is 10.4. The lowest BCUT2D eigenvalue weighted by Crippen LogP contribution is -2.17. The third-order valence-corrected chi connectivity index (χ3v) is 3.13. The molecule has 2 N–H and O–H groups in total. The summed E-state index contributed by atoms with van der Waals surface area (Å²) in [6, 6.07) is 6.04. The van der Waals surface area contributed by atoms with Gasteiger partial charge in [0.15, 0.2) is 0 Å². The first-order chi connectivity index (χ1) is 8.45. The van der Waals surface area contributed by atoms with Crippen LogP contribution in [0.1, 0.15) is 11.3 Å². The SMILES string of the molecule is c1cnc(NCCCNCc2cccs2)nc1. The summed E-state index contributed by atoms with van der Waals surface area (Å²) in [6.45, 7) is 2.85. The molecule has 17 heavy (non-hydrogen) atoms. The number of hydrogen-bond acceptors (Lipinski definition) is 5. The van der Waals surface area contributed by atoms with E-state index >= 15 is 0 Å². The monoisotopic (exact) mass is 248 g/mol. The second-order valence-corrected chi connectivity index (χ2v) is 4.64. The number of nitrogens with one attached hydrogen (secondary N) is 2. The molecule has 0 aromatic carbocycles. The summed E-state index contributed by atoms with van der Waals surface area (Å²) in [6.07, 6.45) is 4.54. The van der Waals surface area contributed by atoms with E-state index in [1.807, 2.05) is 6.07 Å². The van der Waals surface area contributed by atoms with Gasteiger partial charge in [0.1, 0.15) is 0 Å². The molecule has 0 spiro atoms. The van der Waals surface area contributed by atoms with E-state index in [-0.39, 0.29) is 0 Å². The molecule has 0 saturated carbocycles. The maximum atomic E-state index is 4.10. The molecule has 0 radical (unpaired) electrons. The molecular weight excluding hydrogens is 232 g/mol. The standard InChI is InChI=1S/C12H16N4S/c1-4-11(17-9-1)10-13-5-2-6-14-12-15-7-3-8-16-12/h1,3-4,7-9,13H,2,5-6,10H2,(H,14,15,16). The zero-order valence-electron chi connectivity index (χ0n) is 9.60. The number of anilines is 1. The maximum Gasteiger partial charge on any atom is 0.222 e. The number of hydrogen-bond donors (Lipinski definition) is 2. The molecule has 2 rings (SSSR count). The molecule has 0 aliphatic heterocycles. The smallest absolute Gasteiger partial charge is 0.222 e. The summed E-state index contributed by atoms with van der Waals surface area (Å²) < 4.78 is 0. The van der Waals surface area contributed by atoms with Crippen LogP contribution in [0.15, 0.2) is 36.0 Å². The van der Waals surface area contributed by atoms with Crippen molar-refractivity contribution >= 4 is 17.3 Å². The Hall–Kier alpha value is -1.46. The normalized spacial score (nSPS) is 10.4. The van der Waals surface area contributed by atoms with Crippen LogP contribution < -0.4 is 10.6 Å². The Balaban J connectivity index is 1.52. The van der Waals surface area contributed by atoms with Crippen LogP contribution in [-0.2, 0) is 6.54 Å². The summed E-state index contributed by atoms with van der Waals surface area (Å²) in [5.41, 5.74) is 0. The maximum absolute atomic E-state index is 4.10. The average Bonchev–Trinajstić information content (AvgIpc) is 2.88. The van der Waals surface area contributed by atoms with Gasteiger partial charge in [-0.2, -0.15) is 0 Å². The molecule has 0 amide bonds. The fourth-order valence-corrected chi connectivity index (χ4v) is 2.10. The largest absolute Gasteiger partial charge is 0.354 e. The number of rotatable bonds is 7. The van der Waals surface area contributed by atoms with Crippen LogP contribution in [0.4, 0.5) is 5.95 Å². The zero-order valence-corrected chi connectivity index (χ0v) is 10.4. The van der Waals surface area contributed by atoms with Gasteiger partial charge in [0.05, 0.1) is 0 Å². The highest BCUT2D eigenvalue weighted by molar-refractivity contribution is 7.09. The summed E-state index contributed by atoms with van der Waals surface area (Å²) in [4.78, 5) is 9.57. The van der Waals surface area contributed by atoms with E-state index in [1.165, 1.54) is 4.88 Å². The Kier molecular flexibility index (Phi) is 4.93. The van der Waals surface area contributed by atoms with E-state index < -0.39 is 0 Å². The van der Waals surface area contributed by atoms with Crippen molar-refractivity contribution in [1.82, 2.24) is 15.3 Å². The zero-order chi connectivity index (χ0) is 11.8. The van der Waals surface area contributed by atoms with E-state index in [1.54, 1.807) is 23.7 Å². The molecule has 0 saturated heterocycles. The van der Waals surface area contributed by atoms with E-state index in [4.69, 9.17) is 0 Å². The first-order valence-electron chi connectivity index (χ1n) is 5.69. The van der Waals surface area contributed by atoms with E-state index in [9.17, 15) is 0 Å². The predicted molar refractivity (Wildman–Crippen MR) is 71.2 cm³/mol. The van der Waals surface area contributed by atoms with Gasteiger partial charge in [-0.05, 0) is 30.5 Å².